The molecule has 186 valence electrons. The fourth-order valence-corrected chi connectivity index (χ4v) is 3.50. The van der Waals surface area contributed by atoms with Crippen LogP contribution in [0, 0.1) is 5.92 Å². The molecular formula is C26H28F3N3O3. The topological polar surface area (TPSA) is 65.8 Å². The van der Waals surface area contributed by atoms with E-state index in [1.54, 1.807) is 17.0 Å². The van der Waals surface area contributed by atoms with Crippen LogP contribution in [0.5, 0.6) is 0 Å². The van der Waals surface area contributed by atoms with E-state index in [4.69, 9.17) is 4.42 Å². The highest BCUT2D eigenvalue weighted by molar-refractivity contribution is 5.92. The number of furan rings is 1. The number of benzene rings is 2. The van der Waals surface area contributed by atoms with Crippen molar-refractivity contribution in [3.8, 4) is 0 Å². The molecule has 0 unspecified atom stereocenters. The van der Waals surface area contributed by atoms with Gasteiger partial charge in [-0.1, -0.05) is 44.2 Å². The number of hydrogen-bond acceptors (Lipinski definition) is 3. The van der Waals surface area contributed by atoms with Crippen LogP contribution in [0.15, 0.2) is 77.4 Å². The van der Waals surface area contributed by atoms with Crippen LogP contribution in [-0.4, -0.2) is 34.8 Å². The zero-order valence-corrected chi connectivity index (χ0v) is 19.6. The molecule has 3 aromatic rings. The van der Waals surface area contributed by atoms with Gasteiger partial charge in [0.25, 0.3) is 0 Å². The summed E-state index contributed by atoms with van der Waals surface area (Å²) in [6.45, 7) is 4.48. The average Bonchev–Trinajstić information content (AvgIpc) is 3.31. The van der Waals surface area contributed by atoms with Crippen LogP contribution in [-0.2, 0) is 24.1 Å². The molecule has 0 fully saturated rings. The van der Waals surface area contributed by atoms with Crippen molar-refractivity contribution < 1.29 is 27.2 Å². The van der Waals surface area contributed by atoms with E-state index in [1.165, 1.54) is 23.3 Å². The second-order valence-corrected chi connectivity index (χ2v) is 8.59. The monoisotopic (exact) mass is 487 g/mol. The van der Waals surface area contributed by atoms with Gasteiger partial charge in [-0.25, -0.2) is 4.79 Å². The zero-order chi connectivity index (χ0) is 25.4. The predicted octanol–water partition coefficient (Wildman–Crippen LogP) is 6.02. The van der Waals surface area contributed by atoms with E-state index in [-0.39, 0.29) is 37.1 Å². The third kappa shape index (κ3) is 7.91. The number of carbonyl (C=O) groups is 2. The molecule has 1 aromatic heterocycles. The van der Waals surface area contributed by atoms with Gasteiger partial charge >= 0.3 is 12.2 Å². The molecule has 9 heteroatoms. The number of nitrogens with one attached hydrogen (secondary N) is 1. The molecule has 1 N–H and O–H groups in total. The standard InChI is InChI=1S/C26H28F3N3O3/c1-19(2)15-32(25(34)30-22-12-10-21(11-13-22)26(27,28)29)18-24(33)31(17-23-9-6-14-35-23)16-20-7-4-3-5-8-20/h3-14,19H,15-18H2,1-2H3,(H,30,34). The van der Waals surface area contributed by atoms with Crippen molar-refractivity contribution in [1.82, 2.24) is 9.80 Å². The number of urea groups is 1. The van der Waals surface area contributed by atoms with Crippen LogP contribution >= 0.6 is 0 Å². The SMILES string of the molecule is CC(C)CN(CC(=O)N(Cc1ccccc1)Cc1ccco1)C(=O)Nc1ccc(C(F)(F)F)cc1. The second kappa shape index (κ2) is 11.6. The minimum Gasteiger partial charge on any atom is -0.467 e. The highest BCUT2D eigenvalue weighted by Gasteiger charge is 2.30. The second-order valence-electron chi connectivity index (χ2n) is 8.59. The first-order valence-corrected chi connectivity index (χ1v) is 11.2. The van der Waals surface area contributed by atoms with Crippen molar-refractivity contribution in [2.24, 2.45) is 5.92 Å². The van der Waals surface area contributed by atoms with E-state index < -0.39 is 17.8 Å². The number of amides is 3. The number of halogens is 3. The van der Waals surface area contributed by atoms with Crippen molar-refractivity contribution in [2.45, 2.75) is 33.1 Å². The van der Waals surface area contributed by atoms with E-state index >= 15 is 0 Å². The van der Waals surface area contributed by atoms with Gasteiger partial charge in [-0.3, -0.25) is 4.79 Å². The number of anilines is 1. The first kappa shape index (κ1) is 25.9. The van der Waals surface area contributed by atoms with Crippen LogP contribution in [0.2, 0.25) is 0 Å². The smallest absolute Gasteiger partial charge is 0.416 e. The van der Waals surface area contributed by atoms with E-state index in [0.717, 1.165) is 17.7 Å². The molecule has 35 heavy (non-hydrogen) atoms. The van der Waals surface area contributed by atoms with Gasteiger partial charge in [-0.15, -0.1) is 0 Å². The fourth-order valence-electron chi connectivity index (χ4n) is 3.50. The minimum atomic E-state index is -4.46. The van der Waals surface area contributed by atoms with E-state index in [2.05, 4.69) is 5.32 Å². The van der Waals surface area contributed by atoms with E-state index in [0.29, 0.717) is 12.3 Å². The number of rotatable bonds is 9. The van der Waals surface area contributed by atoms with Crippen molar-refractivity contribution in [1.29, 1.82) is 0 Å². The lowest BCUT2D eigenvalue weighted by molar-refractivity contribution is -0.137. The predicted molar refractivity (Wildman–Crippen MR) is 126 cm³/mol. The van der Waals surface area contributed by atoms with Crippen LogP contribution in [0.1, 0.15) is 30.7 Å². The summed E-state index contributed by atoms with van der Waals surface area (Å²) in [6, 6.07) is 16.6. The molecule has 3 rings (SSSR count). The highest BCUT2D eigenvalue weighted by Crippen LogP contribution is 2.29. The van der Waals surface area contributed by atoms with Crippen molar-refractivity contribution in [2.75, 3.05) is 18.4 Å². The van der Waals surface area contributed by atoms with Gasteiger partial charge in [0.2, 0.25) is 5.91 Å². The largest absolute Gasteiger partial charge is 0.467 e. The van der Waals surface area contributed by atoms with Gasteiger partial charge in [0, 0.05) is 18.8 Å². The Kier molecular flexibility index (Phi) is 8.57. The molecule has 0 saturated heterocycles. The maximum Gasteiger partial charge on any atom is 0.416 e. The summed E-state index contributed by atoms with van der Waals surface area (Å²) in [5.74, 6) is 0.390. The fraction of sp³-hybridized carbons (Fsp3) is 0.308. The lowest BCUT2D eigenvalue weighted by atomic mass is 10.2. The summed E-state index contributed by atoms with van der Waals surface area (Å²) in [6.07, 6.45) is -2.93. The summed E-state index contributed by atoms with van der Waals surface area (Å²) in [5.41, 5.74) is 0.331. The molecule has 0 aliphatic heterocycles. The Morgan fingerprint density at radius 2 is 1.60 bits per heavy atom. The van der Waals surface area contributed by atoms with Gasteiger partial charge < -0.3 is 19.5 Å². The Labute approximate surface area is 202 Å². The molecular weight excluding hydrogens is 459 g/mol. The van der Waals surface area contributed by atoms with Crippen LogP contribution in [0.25, 0.3) is 0 Å². The Balaban J connectivity index is 1.73. The molecule has 0 bridgehead atoms. The quantitative estimate of drug-likeness (QED) is 0.402. The zero-order valence-electron chi connectivity index (χ0n) is 19.6. The maximum absolute atomic E-state index is 13.3. The number of carbonyl (C=O) groups excluding carboxylic acids is 2. The summed E-state index contributed by atoms with van der Waals surface area (Å²) in [4.78, 5) is 29.3. The molecule has 1 heterocycles. The Morgan fingerprint density at radius 1 is 0.914 bits per heavy atom. The van der Waals surface area contributed by atoms with Gasteiger partial charge in [0.05, 0.1) is 18.4 Å². The summed E-state index contributed by atoms with van der Waals surface area (Å²) in [5, 5.41) is 2.60. The number of nitrogens with zero attached hydrogens (tertiary/aromatic N) is 2. The third-order valence-corrected chi connectivity index (χ3v) is 5.16. The van der Waals surface area contributed by atoms with Crippen LogP contribution < -0.4 is 5.32 Å². The van der Waals surface area contributed by atoms with E-state index in [1.807, 2.05) is 44.2 Å². The van der Waals surface area contributed by atoms with Crippen LogP contribution in [0.3, 0.4) is 0 Å². The van der Waals surface area contributed by atoms with Gasteiger partial charge in [0.15, 0.2) is 0 Å². The molecule has 0 aliphatic rings. The first-order valence-electron chi connectivity index (χ1n) is 11.2. The molecule has 0 atom stereocenters. The molecule has 6 nitrogen and oxygen atoms in total. The number of alkyl halides is 3. The van der Waals surface area contributed by atoms with Crippen LogP contribution in [0.4, 0.5) is 23.7 Å². The molecule has 0 spiro atoms. The maximum atomic E-state index is 13.3. The summed E-state index contributed by atoms with van der Waals surface area (Å²) >= 11 is 0. The Hall–Kier alpha value is -3.75. The minimum absolute atomic E-state index is 0.0637. The van der Waals surface area contributed by atoms with Gasteiger partial charge in [-0.2, -0.15) is 13.2 Å². The highest BCUT2D eigenvalue weighted by atomic mass is 19.4. The third-order valence-electron chi connectivity index (χ3n) is 5.16. The first-order chi connectivity index (χ1) is 16.6. The van der Waals surface area contributed by atoms with Gasteiger partial charge in [-0.05, 0) is 47.9 Å². The van der Waals surface area contributed by atoms with Crippen molar-refractivity contribution in [3.05, 3.63) is 89.9 Å². The lowest BCUT2D eigenvalue weighted by Gasteiger charge is -2.28. The average molecular weight is 488 g/mol. The van der Waals surface area contributed by atoms with Crippen molar-refractivity contribution in [3.63, 3.8) is 0 Å². The summed E-state index contributed by atoms with van der Waals surface area (Å²) < 4.78 is 43.9. The van der Waals surface area contributed by atoms with Gasteiger partial charge in [0.1, 0.15) is 12.3 Å². The normalized spacial score (nSPS) is 11.4. The Morgan fingerprint density at radius 3 is 2.17 bits per heavy atom. The molecule has 0 aliphatic carbocycles. The number of hydrogen-bond donors (Lipinski definition) is 1. The molecule has 0 radical (unpaired) electrons. The van der Waals surface area contributed by atoms with E-state index in [9.17, 15) is 22.8 Å². The molecule has 0 saturated carbocycles. The summed E-state index contributed by atoms with van der Waals surface area (Å²) in [7, 11) is 0. The lowest BCUT2D eigenvalue weighted by Crippen LogP contribution is -2.45. The van der Waals surface area contributed by atoms with Crippen molar-refractivity contribution >= 4 is 17.6 Å². The Bertz CT molecular complexity index is 1080. The molecule has 2 aromatic carbocycles. The molecule has 3 amide bonds.